The SMILES string of the molecule is C[n+]1nnn2c1SCC2.[Br-]. The van der Waals surface area contributed by atoms with E-state index in [0.29, 0.717) is 0 Å². The fraction of sp³-hybridized carbons (Fsp3) is 0.750. The third-order valence-electron chi connectivity index (χ3n) is 1.31. The van der Waals surface area contributed by atoms with E-state index in [-0.39, 0.29) is 17.0 Å². The Balaban J connectivity index is 0.000000500. The smallest absolute Gasteiger partial charge is 0.317 e. The minimum absolute atomic E-state index is 0. The van der Waals surface area contributed by atoms with E-state index in [2.05, 4.69) is 10.4 Å². The lowest BCUT2D eigenvalue weighted by molar-refractivity contribution is -0.766. The van der Waals surface area contributed by atoms with Crippen LogP contribution >= 0.6 is 11.8 Å². The van der Waals surface area contributed by atoms with Gasteiger partial charge in [0.1, 0.15) is 11.8 Å². The maximum absolute atomic E-state index is 3.91. The van der Waals surface area contributed by atoms with Crippen LogP contribution in [0.1, 0.15) is 0 Å². The maximum atomic E-state index is 3.91. The van der Waals surface area contributed by atoms with Crippen LogP contribution in [0.4, 0.5) is 0 Å². The second kappa shape index (κ2) is 2.87. The molecule has 4 nitrogen and oxygen atoms in total. The highest BCUT2D eigenvalue weighted by Gasteiger charge is 2.23. The van der Waals surface area contributed by atoms with E-state index in [1.54, 1.807) is 16.4 Å². The predicted molar refractivity (Wildman–Crippen MR) is 31.9 cm³/mol. The molecule has 0 saturated heterocycles. The van der Waals surface area contributed by atoms with E-state index in [4.69, 9.17) is 0 Å². The van der Waals surface area contributed by atoms with Gasteiger partial charge in [-0.15, -0.1) is 4.68 Å². The Morgan fingerprint density at radius 1 is 1.70 bits per heavy atom. The molecular formula is C4H7BrN4S. The minimum Gasteiger partial charge on any atom is -1.00 e. The fourth-order valence-electron chi connectivity index (χ4n) is 0.884. The molecule has 0 atom stereocenters. The van der Waals surface area contributed by atoms with Gasteiger partial charge in [0, 0.05) is 5.75 Å². The second-order valence-electron chi connectivity index (χ2n) is 1.96. The molecular weight excluding hydrogens is 216 g/mol. The lowest BCUT2D eigenvalue weighted by atomic mass is 10.8. The average molecular weight is 223 g/mol. The van der Waals surface area contributed by atoms with Gasteiger partial charge in [-0.1, -0.05) is 4.68 Å². The summed E-state index contributed by atoms with van der Waals surface area (Å²) in [7, 11) is 1.91. The number of aryl methyl sites for hydroxylation is 2. The highest BCUT2D eigenvalue weighted by molar-refractivity contribution is 7.99. The van der Waals surface area contributed by atoms with Gasteiger partial charge in [0.25, 0.3) is 0 Å². The van der Waals surface area contributed by atoms with Crippen LogP contribution in [0, 0.1) is 0 Å². The molecule has 0 bridgehead atoms. The average Bonchev–Trinajstić information content (AvgIpc) is 2.35. The standard InChI is InChI=1S/C4H7N4S.BrH/c1-7-4-8(6-5-7)2-3-9-4;/h2-3H2,1H3;1H/q+1;/p-1. The number of tetrazole rings is 1. The molecule has 6 heteroatoms. The number of rotatable bonds is 0. The van der Waals surface area contributed by atoms with E-state index in [9.17, 15) is 0 Å². The van der Waals surface area contributed by atoms with Crippen LogP contribution in [0.2, 0.25) is 0 Å². The molecule has 1 aliphatic heterocycles. The Labute approximate surface area is 73.3 Å². The van der Waals surface area contributed by atoms with Crippen LogP contribution < -0.4 is 21.7 Å². The van der Waals surface area contributed by atoms with Gasteiger partial charge < -0.3 is 17.0 Å². The Kier molecular flexibility index (Phi) is 2.30. The molecule has 0 aliphatic carbocycles. The zero-order valence-electron chi connectivity index (χ0n) is 5.49. The summed E-state index contributed by atoms with van der Waals surface area (Å²) in [4.78, 5) is 0. The molecule has 0 aromatic carbocycles. The lowest BCUT2D eigenvalue weighted by Crippen LogP contribution is -3.00. The second-order valence-corrected chi connectivity index (χ2v) is 3.02. The third-order valence-corrected chi connectivity index (χ3v) is 2.43. The van der Waals surface area contributed by atoms with Gasteiger partial charge >= 0.3 is 5.16 Å². The first-order chi connectivity index (χ1) is 4.38. The van der Waals surface area contributed by atoms with Crippen LogP contribution in [0.5, 0.6) is 0 Å². The summed E-state index contributed by atoms with van der Waals surface area (Å²) in [5.41, 5.74) is 0. The van der Waals surface area contributed by atoms with Crippen molar-refractivity contribution >= 4 is 11.8 Å². The van der Waals surface area contributed by atoms with E-state index in [1.807, 2.05) is 11.7 Å². The molecule has 0 spiro atoms. The molecule has 1 aromatic rings. The summed E-state index contributed by atoms with van der Waals surface area (Å²) in [6, 6.07) is 0. The van der Waals surface area contributed by atoms with E-state index in [1.165, 1.54) is 0 Å². The number of fused-ring (bicyclic) bond motifs is 1. The molecule has 1 aromatic heterocycles. The van der Waals surface area contributed by atoms with Crippen molar-refractivity contribution in [2.24, 2.45) is 7.05 Å². The van der Waals surface area contributed by atoms with E-state index in [0.717, 1.165) is 17.5 Å². The third kappa shape index (κ3) is 1.05. The van der Waals surface area contributed by atoms with Crippen LogP contribution in [-0.2, 0) is 13.6 Å². The molecule has 0 unspecified atom stereocenters. The van der Waals surface area contributed by atoms with Gasteiger partial charge in [0.2, 0.25) is 0 Å². The Bertz CT molecular complexity index is 235. The summed E-state index contributed by atoms with van der Waals surface area (Å²) in [6.45, 7) is 1.01. The highest BCUT2D eigenvalue weighted by Crippen LogP contribution is 2.18. The molecule has 2 rings (SSSR count). The van der Waals surface area contributed by atoms with Crippen molar-refractivity contribution in [3.8, 4) is 0 Å². The fourth-order valence-corrected chi connectivity index (χ4v) is 1.83. The van der Waals surface area contributed by atoms with Crippen LogP contribution in [-0.4, -0.2) is 20.9 Å². The van der Waals surface area contributed by atoms with Crippen molar-refractivity contribution in [2.45, 2.75) is 11.7 Å². The Morgan fingerprint density at radius 2 is 2.50 bits per heavy atom. The van der Waals surface area contributed by atoms with Gasteiger partial charge in [0.05, 0.1) is 7.05 Å². The van der Waals surface area contributed by atoms with Crippen molar-refractivity contribution < 1.29 is 21.7 Å². The molecule has 2 heterocycles. The molecule has 0 saturated carbocycles. The predicted octanol–water partition coefficient (Wildman–Crippen LogP) is -3.79. The number of nitrogens with zero attached hydrogens (tertiary/aromatic N) is 4. The van der Waals surface area contributed by atoms with Crippen molar-refractivity contribution in [1.29, 1.82) is 0 Å². The Morgan fingerprint density at radius 3 is 3.20 bits per heavy atom. The zero-order valence-corrected chi connectivity index (χ0v) is 7.89. The van der Waals surface area contributed by atoms with E-state index < -0.39 is 0 Å². The highest BCUT2D eigenvalue weighted by atomic mass is 79.9. The van der Waals surface area contributed by atoms with Gasteiger partial charge in [-0.2, -0.15) is 0 Å². The molecule has 0 amide bonds. The molecule has 10 heavy (non-hydrogen) atoms. The topological polar surface area (TPSA) is 34.6 Å². The first-order valence-corrected chi connectivity index (χ1v) is 3.79. The maximum Gasteiger partial charge on any atom is 0.317 e. The first-order valence-electron chi connectivity index (χ1n) is 2.80. The molecule has 0 fully saturated rings. The normalized spacial score (nSPS) is 14.5. The van der Waals surface area contributed by atoms with Crippen LogP contribution in [0.15, 0.2) is 5.16 Å². The monoisotopic (exact) mass is 222 g/mol. The summed E-state index contributed by atoms with van der Waals surface area (Å²) < 4.78 is 3.72. The number of halogens is 1. The number of hydrogen-bond acceptors (Lipinski definition) is 3. The van der Waals surface area contributed by atoms with Gasteiger partial charge in [-0.25, -0.2) is 0 Å². The van der Waals surface area contributed by atoms with Crippen LogP contribution in [0.25, 0.3) is 0 Å². The number of aromatic nitrogens is 4. The number of thioether (sulfide) groups is 1. The van der Waals surface area contributed by atoms with Gasteiger partial charge in [0.15, 0.2) is 5.21 Å². The van der Waals surface area contributed by atoms with Crippen molar-refractivity contribution in [2.75, 3.05) is 5.75 Å². The largest absolute Gasteiger partial charge is 1.00 e. The number of hydrogen-bond donors (Lipinski definition) is 0. The molecule has 56 valence electrons. The quantitative estimate of drug-likeness (QED) is 0.423. The Hall–Kier alpha value is -0.100. The van der Waals surface area contributed by atoms with Crippen molar-refractivity contribution in [1.82, 2.24) is 15.1 Å². The summed E-state index contributed by atoms with van der Waals surface area (Å²) in [6.07, 6.45) is 0. The summed E-state index contributed by atoms with van der Waals surface area (Å²) in [5, 5.41) is 8.91. The lowest BCUT2D eigenvalue weighted by Gasteiger charge is -1.78. The van der Waals surface area contributed by atoms with Crippen molar-refractivity contribution in [3.05, 3.63) is 0 Å². The summed E-state index contributed by atoms with van der Waals surface area (Å²) in [5.74, 6) is 1.14. The molecule has 1 aliphatic rings. The summed E-state index contributed by atoms with van der Waals surface area (Å²) >= 11 is 1.80. The van der Waals surface area contributed by atoms with Gasteiger partial charge in [-0.3, -0.25) is 0 Å². The van der Waals surface area contributed by atoms with Gasteiger partial charge in [-0.05, 0) is 11.8 Å². The molecule has 0 radical (unpaired) electrons. The first kappa shape index (κ1) is 8.00. The van der Waals surface area contributed by atoms with E-state index >= 15 is 0 Å². The minimum atomic E-state index is 0. The van der Waals surface area contributed by atoms with Crippen molar-refractivity contribution in [3.63, 3.8) is 0 Å². The molecule has 0 N–H and O–H groups in total. The van der Waals surface area contributed by atoms with Crippen LogP contribution in [0.3, 0.4) is 0 Å². The zero-order chi connectivity index (χ0) is 6.27.